The Morgan fingerprint density at radius 2 is 1.57 bits per heavy atom. The van der Waals surface area contributed by atoms with E-state index in [2.05, 4.69) is 100 Å². The molecule has 0 heterocycles. The average molecular weight is 521 g/mol. The van der Waals surface area contributed by atoms with Crippen LogP contribution in [0.15, 0.2) is 24.3 Å². The van der Waals surface area contributed by atoms with Crippen molar-refractivity contribution in [3.8, 4) is 0 Å². The molecule has 0 spiro atoms. The van der Waals surface area contributed by atoms with Crippen molar-refractivity contribution in [2.24, 2.45) is 17.8 Å². The van der Waals surface area contributed by atoms with Gasteiger partial charge in [0.15, 0.2) is 22.4 Å². The Labute approximate surface area is 219 Å². The van der Waals surface area contributed by atoms with Gasteiger partial charge < -0.3 is 8.85 Å². The number of Topliss-reactive ketones (excluding diaryl/α,β-unsaturated/α-hetero) is 1. The topological polar surface area (TPSA) is 35.5 Å². The summed E-state index contributed by atoms with van der Waals surface area (Å²) in [6, 6.07) is 0. The zero-order chi connectivity index (χ0) is 27.0. The van der Waals surface area contributed by atoms with Crippen molar-refractivity contribution < 1.29 is 13.6 Å². The molecule has 2 fully saturated rings. The molecule has 3 nitrogen and oxygen atoms in total. The molecule has 2 aliphatic rings. The van der Waals surface area contributed by atoms with Gasteiger partial charge in [0.2, 0.25) is 0 Å². The lowest BCUT2D eigenvalue weighted by molar-refractivity contribution is -0.118. The van der Waals surface area contributed by atoms with E-state index in [1.165, 1.54) is 12.8 Å². The third-order valence-corrected chi connectivity index (χ3v) is 18.7. The maximum atomic E-state index is 12.9. The van der Waals surface area contributed by atoms with Gasteiger partial charge in [-0.05, 0) is 80.4 Å². The zero-order valence-electron chi connectivity index (χ0n) is 25.1. The van der Waals surface area contributed by atoms with E-state index >= 15 is 0 Å². The van der Waals surface area contributed by atoms with Crippen LogP contribution in [0.1, 0.15) is 93.9 Å². The van der Waals surface area contributed by atoms with Gasteiger partial charge in [0.25, 0.3) is 0 Å². The highest BCUT2D eigenvalue weighted by Gasteiger charge is 2.53. The molecule has 2 saturated carbocycles. The molecule has 35 heavy (non-hydrogen) atoms. The van der Waals surface area contributed by atoms with E-state index in [4.69, 9.17) is 8.85 Å². The summed E-state index contributed by atoms with van der Waals surface area (Å²) in [7, 11) is -3.82. The van der Waals surface area contributed by atoms with Gasteiger partial charge in [-0.25, -0.2) is 0 Å². The molecule has 0 bridgehead atoms. The molecule has 202 valence electrons. The number of ketones is 1. The molecule has 2 aliphatic carbocycles. The van der Waals surface area contributed by atoms with Gasteiger partial charge in [0.1, 0.15) is 0 Å². The van der Waals surface area contributed by atoms with Crippen LogP contribution in [-0.4, -0.2) is 34.1 Å². The Balaban J connectivity index is 2.28. The highest BCUT2D eigenvalue weighted by Crippen LogP contribution is 2.51. The van der Waals surface area contributed by atoms with E-state index in [1.807, 2.05) is 0 Å². The van der Waals surface area contributed by atoms with Crippen molar-refractivity contribution in [3.63, 3.8) is 0 Å². The van der Waals surface area contributed by atoms with Crippen LogP contribution in [-0.2, 0) is 13.6 Å². The number of hydrogen-bond donors (Lipinski definition) is 0. The van der Waals surface area contributed by atoms with Gasteiger partial charge in [0.05, 0.1) is 11.7 Å². The fraction of sp³-hybridized carbons (Fsp3) is 0.833. The molecule has 0 aromatic carbocycles. The number of rotatable bonds is 10. The van der Waals surface area contributed by atoms with E-state index in [-0.39, 0.29) is 39.4 Å². The largest absolute Gasteiger partial charge is 0.413 e. The minimum atomic E-state index is -1.93. The van der Waals surface area contributed by atoms with E-state index in [0.717, 1.165) is 31.3 Å². The van der Waals surface area contributed by atoms with Crippen molar-refractivity contribution in [1.29, 1.82) is 0 Å². The standard InChI is InChI=1S/C30H56O3Si2/c1-14-15-18-30(9,33-35(12,13)29(6,7)8)19-16-17-23-24-20-22(2)27(31)25(24)21-26(23)32-34(10,11)28(3,4)5/h16-17,23-26H,2,14-15,18-21H2,1,3-13H3/t23-,24-,25-,26+,30?/m0/s1. The van der Waals surface area contributed by atoms with Crippen LogP contribution in [0.4, 0.5) is 0 Å². The van der Waals surface area contributed by atoms with E-state index in [0.29, 0.717) is 5.92 Å². The van der Waals surface area contributed by atoms with Gasteiger partial charge in [-0.2, -0.15) is 0 Å². The molecule has 5 heteroatoms. The first-order valence-electron chi connectivity index (χ1n) is 14.0. The van der Waals surface area contributed by atoms with Crippen LogP contribution in [0, 0.1) is 17.8 Å². The van der Waals surface area contributed by atoms with E-state index in [9.17, 15) is 4.79 Å². The molecule has 0 radical (unpaired) electrons. The van der Waals surface area contributed by atoms with Crippen LogP contribution < -0.4 is 0 Å². The number of carbonyl (C=O) groups is 1. The number of hydrogen-bond acceptors (Lipinski definition) is 3. The molecular formula is C30H56O3Si2. The number of carbonyl (C=O) groups excluding carboxylic acids is 1. The maximum absolute atomic E-state index is 12.9. The second kappa shape index (κ2) is 10.7. The SMILES string of the molecule is C=C1C[C@H]2[C@H](C=CCC(C)(CCCC)O[Si](C)(C)C(C)(C)C)[C@H](O[Si](C)(C)C(C)(C)C)C[C@@H]2C1=O. The first kappa shape index (κ1) is 30.7. The maximum Gasteiger partial charge on any atom is 0.192 e. The molecule has 5 atom stereocenters. The Morgan fingerprint density at radius 3 is 2.09 bits per heavy atom. The average Bonchev–Trinajstić information content (AvgIpc) is 3.13. The predicted octanol–water partition coefficient (Wildman–Crippen LogP) is 9.08. The van der Waals surface area contributed by atoms with Crippen LogP contribution in [0.2, 0.25) is 36.3 Å². The Bertz CT molecular complexity index is 799. The van der Waals surface area contributed by atoms with Gasteiger partial charge in [-0.1, -0.05) is 80.0 Å². The van der Waals surface area contributed by atoms with Gasteiger partial charge in [-0.3, -0.25) is 4.79 Å². The van der Waals surface area contributed by atoms with Crippen molar-refractivity contribution in [2.75, 3.05) is 0 Å². The Kier molecular flexibility index (Phi) is 9.40. The molecule has 0 N–H and O–H groups in total. The summed E-state index contributed by atoms with van der Waals surface area (Å²) in [5.41, 5.74) is 0.663. The van der Waals surface area contributed by atoms with Crippen LogP contribution >= 0.6 is 0 Å². The summed E-state index contributed by atoms with van der Waals surface area (Å²) >= 11 is 0. The Hall–Kier alpha value is -0.496. The van der Waals surface area contributed by atoms with Crippen LogP contribution in [0.3, 0.4) is 0 Å². The van der Waals surface area contributed by atoms with Gasteiger partial charge in [0, 0.05) is 11.8 Å². The number of fused-ring (bicyclic) bond motifs is 1. The second-order valence-electron chi connectivity index (χ2n) is 14.7. The van der Waals surface area contributed by atoms with E-state index in [1.54, 1.807) is 0 Å². The summed E-state index contributed by atoms with van der Waals surface area (Å²) in [5.74, 6) is 0.982. The molecule has 0 aliphatic heterocycles. The fourth-order valence-corrected chi connectivity index (χ4v) is 8.38. The molecule has 0 aromatic heterocycles. The molecule has 0 aromatic rings. The third kappa shape index (κ3) is 7.09. The quantitative estimate of drug-likeness (QED) is 0.164. The molecular weight excluding hydrogens is 464 g/mol. The summed E-state index contributed by atoms with van der Waals surface area (Å²) in [4.78, 5) is 12.9. The summed E-state index contributed by atoms with van der Waals surface area (Å²) < 4.78 is 14.0. The molecule has 1 unspecified atom stereocenters. The van der Waals surface area contributed by atoms with Crippen molar-refractivity contribution in [2.45, 2.75) is 142 Å². The first-order valence-corrected chi connectivity index (χ1v) is 19.8. The van der Waals surface area contributed by atoms with Gasteiger partial charge >= 0.3 is 0 Å². The summed E-state index contributed by atoms with van der Waals surface area (Å²) in [6.45, 7) is 31.9. The van der Waals surface area contributed by atoms with Crippen molar-refractivity contribution in [1.82, 2.24) is 0 Å². The molecule has 2 rings (SSSR count). The third-order valence-electron chi connectivity index (χ3n) is 9.62. The van der Waals surface area contributed by atoms with Crippen LogP contribution in [0.5, 0.6) is 0 Å². The number of allylic oxidation sites excluding steroid dienone is 1. The highest BCUT2D eigenvalue weighted by atomic mass is 28.4. The monoisotopic (exact) mass is 520 g/mol. The summed E-state index contributed by atoms with van der Waals surface area (Å²) in [6.07, 6.45) is 10.9. The Morgan fingerprint density at radius 1 is 1.00 bits per heavy atom. The minimum absolute atomic E-state index is 0.0851. The smallest absolute Gasteiger partial charge is 0.192 e. The van der Waals surface area contributed by atoms with Crippen molar-refractivity contribution in [3.05, 3.63) is 24.3 Å². The van der Waals surface area contributed by atoms with Gasteiger partial charge in [-0.15, -0.1) is 0 Å². The second-order valence-corrected chi connectivity index (χ2v) is 24.2. The fourth-order valence-electron chi connectivity index (χ4n) is 5.29. The lowest BCUT2D eigenvalue weighted by atomic mass is 9.89. The lowest BCUT2D eigenvalue weighted by Crippen LogP contribution is -2.48. The lowest BCUT2D eigenvalue weighted by Gasteiger charge is -2.44. The van der Waals surface area contributed by atoms with Crippen LogP contribution in [0.25, 0.3) is 0 Å². The van der Waals surface area contributed by atoms with Crippen molar-refractivity contribution >= 4 is 22.4 Å². The number of unbranched alkanes of at least 4 members (excludes halogenated alkanes) is 1. The summed E-state index contributed by atoms with van der Waals surface area (Å²) in [5, 5.41) is 0.345. The zero-order valence-corrected chi connectivity index (χ0v) is 27.1. The minimum Gasteiger partial charge on any atom is -0.413 e. The molecule has 0 amide bonds. The molecule has 0 saturated heterocycles. The first-order chi connectivity index (χ1) is 15.7. The normalized spacial score (nSPS) is 28.1. The highest BCUT2D eigenvalue weighted by molar-refractivity contribution is 6.74. The predicted molar refractivity (Wildman–Crippen MR) is 156 cm³/mol. The van der Waals surface area contributed by atoms with E-state index < -0.39 is 16.6 Å².